The number of aromatic nitrogens is 5. The number of nitrogens with zero attached hydrogens (tertiary/aromatic N) is 7. The summed E-state index contributed by atoms with van der Waals surface area (Å²) in [7, 11) is 0. The van der Waals surface area contributed by atoms with E-state index in [9.17, 15) is 4.39 Å². The first kappa shape index (κ1) is 23.3. The molecule has 4 aromatic rings. The number of nitrogens with one attached hydrogen (secondary N) is 1. The molecule has 1 aliphatic heterocycles. The number of pyridine rings is 1. The summed E-state index contributed by atoms with van der Waals surface area (Å²) in [4.78, 5) is 18.0. The van der Waals surface area contributed by atoms with Gasteiger partial charge in [0.25, 0.3) is 0 Å². The average molecular weight is 475 g/mol. The molecule has 5 rings (SSSR count). The van der Waals surface area contributed by atoms with Gasteiger partial charge >= 0.3 is 0 Å². The SMILES string of the molecule is CCN1CCN(Cc2ccc(Nc3ncc(F)c(-c4ccc5cnn(C(C)C)c5c4)n3)nc2)CC1. The molecule has 3 aromatic heterocycles. The van der Waals surface area contributed by atoms with E-state index in [0.29, 0.717) is 17.3 Å². The van der Waals surface area contributed by atoms with Crippen LogP contribution in [0.15, 0.2) is 48.9 Å². The molecule has 0 spiro atoms. The Kier molecular flexibility index (Phi) is 6.70. The van der Waals surface area contributed by atoms with Crippen molar-refractivity contribution in [2.75, 3.05) is 38.0 Å². The van der Waals surface area contributed by atoms with Gasteiger partial charge < -0.3 is 10.2 Å². The first-order valence-electron chi connectivity index (χ1n) is 12.2. The third-order valence-electron chi connectivity index (χ3n) is 6.49. The van der Waals surface area contributed by atoms with Gasteiger partial charge in [-0.3, -0.25) is 9.58 Å². The Labute approximate surface area is 204 Å². The van der Waals surface area contributed by atoms with Crippen molar-refractivity contribution in [3.8, 4) is 11.3 Å². The number of rotatable bonds is 7. The van der Waals surface area contributed by atoms with Crippen molar-refractivity contribution in [1.29, 1.82) is 0 Å². The Morgan fingerprint density at radius 1 is 0.971 bits per heavy atom. The van der Waals surface area contributed by atoms with Crippen LogP contribution < -0.4 is 5.32 Å². The molecule has 0 saturated carbocycles. The third-order valence-corrected chi connectivity index (χ3v) is 6.49. The van der Waals surface area contributed by atoms with Crippen molar-refractivity contribution in [1.82, 2.24) is 34.5 Å². The molecule has 9 heteroatoms. The molecule has 0 atom stereocenters. The highest BCUT2D eigenvalue weighted by molar-refractivity contribution is 5.84. The Bertz CT molecular complexity index is 1290. The summed E-state index contributed by atoms with van der Waals surface area (Å²) in [5.74, 6) is 0.447. The molecular formula is C26H31FN8. The van der Waals surface area contributed by atoms with E-state index in [1.54, 1.807) is 0 Å². The molecule has 182 valence electrons. The van der Waals surface area contributed by atoms with Gasteiger partial charge in [-0.1, -0.05) is 25.1 Å². The largest absolute Gasteiger partial charge is 0.309 e. The number of fused-ring (bicyclic) bond motifs is 1. The van der Waals surface area contributed by atoms with Crippen LogP contribution in [0.1, 0.15) is 32.4 Å². The van der Waals surface area contributed by atoms with E-state index < -0.39 is 5.82 Å². The van der Waals surface area contributed by atoms with Crippen LogP contribution in [0.5, 0.6) is 0 Å². The highest BCUT2D eigenvalue weighted by Crippen LogP contribution is 2.27. The first-order valence-corrected chi connectivity index (χ1v) is 12.2. The summed E-state index contributed by atoms with van der Waals surface area (Å²) < 4.78 is 16.6. The zero-order valence-electron chi connectivity index (χ0n) is 20.4. The summed E-state index contributed by atoms with van der Waals surface area (Å²) >= 11 is 0. The maximum atomic E-state index is 14.7. The molecule has 1 fully saturated rings. The van der Waals surface area contributed by atoms with Crippen molar-refractivity contribution >= 4 is 22.7 Å². The topological polar surface area (TPSA) is 75.0 Å². The minimum Gasteiger partial charge on any atom is -0.309 e. The molecule has 0 bridgehead atoms. The van der Waals surface area contributed by atoms with Gasteiger partial charge in [-0.15, -0.1) is 0 Å². The fourth-order valence-corrected chi connectivity index (χ4v) is 4.45. The van der Waals surface area contributed by atoms with E-state index in [2.05, 4.69) is 62.0 Å². The standard InChI is InChI=1S/C26H31FN8/c1-4-33-9-11-34(12-10-33)17-19-5-8-24(28-14-19)31-26-29-16-22(27)25(32-26)20-6-7-21-15-30-35(18(2)3)23(21)13-20/h5-8,13-16,18H,4,9-12,17H2,1-3H3,(H,28,29,31,32). The zero-order valence-corrected chi connectivity index (χ0v) is 20.4. The van der Waals surface area contributed by atoms with E-state index >= 15 is 0 Å². The normalized spacial score (nSPS) is 15.2. The maximum Gasteiger partial charge on any atom is 0.229 e. The number of likely N-dealkylation sites (N-methyl/N-ethyl adjacent to an activating group) is 1. The molecule has 1 aromatic carbocycles. The smallest absolute Gasteiger partial charge is 0.229 e. The van der Waals surface area contributed by atoms with Crippen molar-refractivity contribution in [3.05, 3.63) is 60.3 Å². The van der Waals surface area contributed by atoms with Crippen LogP contribution >= 0.6 is 0 Å². The van der Waals surface area contributed by atoms with Crippen molar-refractivity contribution in [2.45, 2.75) is 33.4 Å². The Hall–Kier alpha value is -3.43. The summed E-state index contributed by atoms with van der Waals surface area (Å²) in [5, 5.41) is 8.56. The van der Waals surface area contributed by atoms with Gasteiger partial charge in [-0.25, -0.2) is 19.3 Å². The molecule has 1 saturated heterocycles. The zero-order chi connectivity index (χ0) is 24.4. The highest BCUT2D eigenvalue weighted by atomic mass is 19.1. The number of hydrogen-bond acceptors (Lipinski definition) is 7. The van der Waals surface area contributed by atoms with Gasteiger partial charge in [0.05, 0.1) is 17.9 Å². The lowest BCUT2D eigenvalue weighted by Gasteiger charge is -2.33. The molecule has 0 radical (unpaired) electrons. The number of benzene rings is 1. The van der Waals surface area contributed by atoms with Gasteiger partial charge in [0.1, 0.15) is 11.5 Å². The van der Waals surface area contributed by atoms with Crippen molar-refractivity contribution in [3.63, 3.8) is 0 Å². The summed E-state index contributed by atoms with van der Waals surface area (Å²) in [6.45, 7) is 12.7. The van der Waals surface area contributed by atoms with E-state index in [4.69, 9.17) is 0 Å². The van der Waals surface area contributed by atoms with E-state index in [-0.39, 0.29) is 11.7 Å². The van der Waals surface area contributed by atoms with Gasteiger partial charge in [0.15, 0.2) is 5.82 Å². The maximum absolute atomic E-state index is 14.7. The fourth-order valence-electron chi connectivity index (χ4n) is 4.45. The van der Waals surface area contributed by atoms with Crippen LogP contribution in [0.4, 0.5) is 16.2 Å². The lowest BCUT2D eigenvalue weighted by atomic mass is 10.1. The molecule has 0 aliphatic carbocycles. The van der Waals surface area contributed by atoms with Crippen molar-refractivity contribution < 1.29 is 4.39 Å². The fraction of sp³-hybridized carbons (Fsp3) is 0.385. The molecule has 8 nitrogen and oxygen atoms in total. The second-order valence-corrected chi connectivity index (χ2v) is 9.23. The Balaban J connectivity index is 1.30. The minimum absolute atomic E-state index is 0.199. The van der Waals surface area contributed by atoms with Gasteiger partial charge in [-0.05, 0) is 38.1 Å². The number of piperazine rings is 1. The number of anilines is 2. The molecular weight excluding hydrogens is 443 g/mol. The van der Waals surface area contributed by atoms with Gasteiger partial charge in [0, 0.05) is 55.9 Å². The Morgan fingerprint density at radius 2 is 1.77 bits per heavy atom. The molecule has 35 heavy (non-hydrogen) atoms. The van der Waals surface area contributed by atoms with E-state index in [1.807, 2.05) is 41.3 Å². The predicted octanol–water partition coefficient (Wildman–Crippen LogP) is 4.49. The third kappa shape index (κ3) is 5.16. The molecule has 4 heterocycles. The van der Waals surface area contributed by atoms with Crippen LogP contribution in [-0.4, -0.2) is 67.3 Å². The summed E-state index contributed by atoms with van der Waals surface area (Å²) in [6.07, 6.45) is 4.89. The van der Waals surface area contributed by atoms with Crippen LogP contribution in [0.25, 0.3) is 22.2 Å². The van der Waals surface area contributed by atoms with Gasteiger partial charge in [0.2, 0.25) is 5.95 Å². The van der Waals surface area contributed by atoms with Crippen LogP contribution in [0.3, 0.4) is 0 Å². The summed E-state index contributed by atoms with van der Waals surface area (Å²) in [5.41, 5.74) is 3.02. The average Bonchev–Trinajstić information content (AvgIpc) is 3.30. The molecule has 0 amide bonds. The molecule has 1 N–H and O–H groups in total. The minimum atomic E-state index is -0.475. The number of hydrogen-bond donors (Lipinski definition) is 1. The number of halogens is 1. The van der Waals surface area contributed by atoms with Gasteiger partial charge in [-0.2, -0.15) is 5.10 Å². The second kappa shape index (κ2) is 10.1. The molecule has 1 aliphatic rings. The first-order chi connectivity index (χ1) is 17.0. The molecule has 0 unspecified atom stereocenters. The van der Waals surface area contributed by atoms with Crippen LogP contribution in [0.2, 0.25) is 0 Å². The Morgan fingerprint density at radius 3 is 2.49 bits per heavy atom. The monoisotopic (exact) mass is 474 g/mol. The lowest BCUT2D eigenvalue weighted by Crippen LogP contribution is -2.45. The van der Waals surface area contributed by atoms with E-state index in [1.165, 1.54) is 6.20 Å². The van der Waals surface area contributed by atoms with Crippen LogP contribution in [0, 0.1) is 5.82 Å². The summed E-state index contributed by atoms with van der Waals surface area (Å²) in [6, 6.07) is 9.89. The van der Waals surface area contributed by atoms with E-state index in [0.717, 1.165) is 55.7 Å². The van der Waals surface area contributed by atoms with Crippen LogP contribution in [-0.2, 0) is 6.54 Å². The van der Waals surface area contributed by atoms with Crippen molar-refractivity contribution in [2.24, 2.45) is 0 Å². The lowest BCUT2D eigenvalue weighted by molar-refractivity contribution is 0.132. The quantitative estimate of drug-likeness (QED) is 0.423. The highest BCUT2D eigenvalue weighted by Gasteiger charge is 2.16. The second-order valence-electron chi connectivity index (χ2n) is 9.23. The predicted molar refractivity (Wildman–Crippen MR) is 136 cm³/mol.